The number of nitrogens with zero attached hydrogens (tertiary/aromatic N) is 1. The summed E-state index contributed by atoms with van der Waals surface area (Å²) in [6, 6.07) is 8.13. The number of hydrogen-bond acceptors (Lipinski definition) is 4. The number of thiazole rings is 1. The molecule has 0 aliphatic heterocycles. The van der Waals surface area contributed by atoms with Crippen molar-refractivity contribution in [3.8, 4) is 0 Å². The molecule has 120 valence electrons. The van der Waals surface area contributed by atoms with E-state index in [9.17, 15) is 4.79 Å². The molecule has 22 heavy (non-hydrogen) atoms. The number of nitrogens with one attached hydrogen (secondary N) is 1. The van der Waals surface area contributed by atoms with Gasteiger partial charge in [0.25, 0.3) is 0 Å². The Labute approximate surface area is 136 Å². The van der Waals surface area contributed by atoms with Crippen LogP contribution >= 0.6 is 11.3 Å². The quantitative estimate of drug-likeness (QED) is 0.735. The molecule has 0 bridgehead atoms. The lowest BCUT2D eigenvalue weighted by molar-refractivity contribution is -0.131. The van der Waals surface area contributed by atoms with E-state index >= 15 is 0 Å². The highest BCUT2D eigenvalue weighted by Gasteiger charge is 2.35. The summed E-state index contributed by atoms with van der Waals surface area (Å²) < 4.78 is 1.18. The van der Waals surface area contributed by atoms with Crippen LogP contribution in [0.25, 0.3) is 10.2 Å². The molecule has 0 saturated carbocycles. The molecular formula is C17H25N3OS. The number of aromatic nitrogens is 1. The monoisotopic (exact) mass is 319 g/mol. The Morgan fingerprint density at radius 1 is 1.32 bits per heavy atom. The number of amides is 1. The van der Waals surface area contributed by atoms with Crippen molar-refractivity contribution >= 4 is 27.5 Å². The van der Waals surface area contributed by atoms with E-state index in [-0.39, 0.29) is 11.3 Å². The van der Waals surface area contributed by atoms with E-state index in [0.29, 0.717) is 19.5 Å². The van der Waals surface area contributed by atoms with Gasteiger partial charge in [-0.25, -0.2) is 4.98 Å². The predicted octanol–water partition coefficient (Wildman–Crippen LogP) is 3.11. The van der Waals surface area contributed by atoms with Crippen molar-refractivity contribution in [1.29, 1.82) is 0 Å². The minimum atomic E-state index is -0.373. The van der Waals surface area contributed by atoms with Crippen molar-refractivity contribution in [2.75, 3.05) is 13.1 Å². The van der Waals surface area contributed by atoms with Crippen LogP contribution in [0.3, 0.4) is 0 Å². The third kappa shape index (κ3) is 3.65. The summed E-state index contributed by atoms with van der Waals surface area (Å²) in [6.07, 6.45) is 3.14. The summed E-state index contributed by atoms with van der Waals surface area (Å²) in [5, 5.41) is 4.08. The molecule has 4 nitrogen and oxygen atoms in total. The number of fused-ring (bicyclic) bond motifs is 1. The number of carbonyl (C=O) groups is 1. The summed E-state index contributed by atoms with van der Waals surface area (Å²) in [7, 11) is 0. The zero-order valence-corrected chi connectivity index (χ0v) is 14.2. The largest absolute Gasteiger partial charge is 0.356 e. The Morgan fingerprint density at radius 3 is 2.68 bits per heavy atom. The molecule has 0 aliphatic carbocycles. The molecule has 0 unspecified atom stereocenters. The summed E-state index contributed by atoms with van der Waals surface area (Å²) in [6.45, 7) is 5.42. The molecule has 1 aromatic carbocycles. The number of rotatable bonds is 8. The molecule has 0 radical (unpaired) electrons. The van der Waals surface area contributed by atoms with Crippen LogP contribution in [0.15, 0.2) is 24.3 Å². The molecule has 0 atom stereocenters. The lowest BCUT2D eigenvalue weighted by Crippen LogP contribution is -2.42. The van der Waals surface area contributed by atoms with Crippen molar-refractivity contribution in [3.63, 3.8) is 0 Å². The van der Waals surface area contributed by atoms with Gasteiger partial charge in [0.2, 0.25) is 5.91 Å². The number of carbonyl (C=O) groups excluding carboxylic acids is 1. The van der Waals surface area contributed by atoms with E-state index in [0.717, 1.165) is 29.8 Å². The fourth-order valence-corrected chi connectivity index (χ4v) is 3.79. The van der Waals surface area contributed by atoms with E-state index in [1.165, 1.54) is 4.70 Å². The third-order valence-corrected chi connectivity index (χ3v) is 5.37. The van der Waals surface area contributed by atoms with Crippen LogP contribution in [0.4, 0.5) is 0 Å². The van der Waals surface area contributed by atoms with Crippen LogP contribution < -0.4 is 11.1 Å². The Kier molecular flexibility index (Phi) is 5.91. The first-order chi connectivity index (χ1) is 10.6. The van der Waals surface area contributed by atoms with Crippen LogP contribution in [0, 0.1) is 5.41 Å². The second-order valence-electron chi connectivity index (χ2n) is 5.64. The summed E-state index contributed by atoms with van der Waals surface area (Å²) >= 11 is 1.69. The van der Waals surface area contributed by atoms with Crippen LogP contribution in [0.1, 0.15) is 38.1 Å². The second-order valence-corrected chi connectivity index (χ2v) is 6.75. The first kappa shape index (κ1) is 16.9. The Balaban J connectivity index is 2.17. The van der Waals surface area contributed by atoms with Gasteiger partial charge < -0.3 is 11.1 Å². The van der Waals surface area contributed by atoms with Gasteiger partial charge >= 0.3 is 0 Å². The zero-order valence-electron chi connectivity index (χ0n) is 13.4. The smallest absolute Gasteiger partial charge is 0.226 e. The van der Waals surface area contributed by atoms with Crippen LogP contribution in [0.2, 0.25) is 0 Å². The van der Waals surface area contributed by atoms with Crippen molar-refractivity contribution in [2.45, 2.75) is 39.5 Å². The molecule has 0 spiro atoms. The van der Waals surface area contributed by atoms with Gasteiger partial charge in [0.05, 0.1) is 20.6 Å². The maximum Gasteiger partial charge on any atom is 0.226 e. The van der Waals surface area contributed by atoms with E-state index in [2.05, 4.69) is 25.2 Å². The van der Waals surface area contributed by atoms with Crippen molar-refractivity contribution in [1.82, 2.24) is 10.3 Å². The van der Waals surface area contributed by atoms with Gasteiger partial charge in [-0.1, -0.05) is 26.0 Å². The van der Waals surface area contributed by atoms with E-state index in [4.69, 9.17) is 10.7 Å². The van der Waals surface area contributed by atoms with Crippen molar-refractivity contribution in [3.05, 3.63) is 29.3 Å². The predicted molar refractivity (Wildman–Crippen MR) is 93.0 cm³/mol. The molecular weight excluding hydrogens is 294 g/mol. The van der Waals surface area contributed by atoms with Crippen LogP contribution in [-0.2, 0) is 11.2 Å². The van der Waals surface area contributed by atoms with Gasteiger partial charge in [-0.15, -0.1) is 11.3 Å². The van der Waals surface area contributed by atoms with Gasteiger partial charge in [0, 0.05) is 13.0 Å². The lowest BCUT2D eigenvalue weighted by Gasteiger charge is -2.29. The summed E-state index contributed by atoms with van der Waals surface area (Å²) in [4.78, 5) is 17.3. The maximum atomic E-state index is 12.6. The number of nitrogens with two attached hydrogens (primary N) is 1. The molecule has 0 fully saturated rings. The molecule has 3 N–H and O–H groups in total. The molecule has 2 aromatic rings. The first-order valence-electron chi connectivity index (χ1n) is 7.98. The third-order valence-electron chi connectivity index (χ3n) is 4.33. The summed E-state index contributed by atoms with van der Waals surface area (Å²) in [5.74, 6) is 0.130. The fraction of sp³-hybridized carbons (Fsp3) is 0.529. The average Bonchev–Trinajstić information content (AvgIpc) is 2.95. The minimum absolute atomic E-state index is 0.130. The topological polar surface area (TPSA) is 68.0 Å². The fourth-order valence-electron chi connectivity index (χ4n) is 2.68. The van der Waals surface area contributed by atoms with Crippen LogP contribution in [0.5, 0.6) is 0 Å². The normalized spacial score (nSPS) is 11.8. The highest BCUT2D eigenvalue weighted by atomic mass is 32.1. The Morgan fingerprint density at radius 2 is 2.05 bits per heavy atom. The SMILES string of the molecule is CCC(CC)(Cc1nc2ccccc2s1)C(=O)NCCCN. The second kappa shape index (κ2) is 7.70. The molecule has 1 heterocycles. The molecule has 0 aliphatic rings. The van der Waals surface area contributed by atoms with Gasteiger partial charge in [-0.05, 0) is 37.9 Å². The minimum Gasteiger partial charge on any atom is -0.356 e. The number of hydrogen-bond donors (Lipinski definition) is 2. The molecule has 2 rings (SSSR count). The van der Waals surface area contributed by atoms with Gasteiger partial charge in [-0.3, -0.25) is 4.79 Å². The zero-order chi connectivity index (χ0) is 16.0. The van der Waals surface area contributed by atoms with E-state index in [1.807, 2.05) is 18.2 Å². The Bertz CT molecular complexity index is 586. The maximum absolute atomic E-state index is 12.6. The van der Waals surface area contributed by atoms with Gasteiger partial charge in [0.1, 0.15) is 0 Å². The van der Waals surface area contributed by atoms with Crippen LogP contribution in [-0.4, -0.2) is 24.0 Å². The highest BCUT2D eigenvalue weighted by Crippen LogP contribution is 2.34. The first-order valence-corrected chi connectivity index (χ1v) is 8.79. The van der Waals surface area contributed by atoms with Gasteiger partial charge in [0.15, 0.2) is 0 Å². The van der Waals surface area contributed by atoms with E-state index in [1.54, 1.807) is 11.3 Å². The molecule has 0 saturated heterocycles. The Hall–Kier alpha value is -1.46. The average molecular weight is 319 g/mol. The number of benzene rings is 1. The summed E-state index contributed by atoms with van der Waals surface area (Å²) in [5.41, 5.74) is 6.14. The van der Waals surface area contributed by atoms with Crippen molar-refractivity contribution < 1.29 is 4.79 Å². The molecule has 1 aromatic heterocycles. The van der Waals surface area contributed by atoms with Gasteiger partial charge in [-0.2, -0.15) is 0 Å². The standard InChI is InChI=1S/C17H25N3OS/c1-3-17(4-2,16(21)19-11-7-10-18)12-15-20-13-8-5-6-9-14(13)22-15/h5-6,8-9H,3-4,7,10-12,18H2,1-2H3,(H,19,21). The molecule has 1 amide bonds. The van der Waals surface area contributed by atoms with E-state index < -0.39 is 0 Å². The number of para-hydroxylation sites is 1. The van der Waals surface area contributed by atoms with Crippen molar-refractivity contribution in [2.24, 2.45) is 11.1 Å². The molecule has 5 heteroatoms. The lowest BCUT2D eigenvalue weighted by atomic mass is 9.78. The highest BCUT2D eigenvalue weighted by molar-refractivity contribution is 7.18.